The number of anilines is 2. The molecule has 0 aliphatic carbocycles. The molecule has 7 nitrogen and oxygen atoms in total. The highest BCUT2D eigenvalue weighted by Gasteiger charge is 2.20. The number of carbonyl (C=O) groups excluding carboxylic acids is 2. The average molecular weight is 409 g/mol. The fourth-order valence-electron chi connectivity index (χ4n) is 3.38. The maximum absolute atomic E-state index is 12.4. The average Bonchev–Trinajstić information content (AvgIpc) is 3.18. The van der Waals surface area contributed by atoms with Crippen LogP contribution in [0.2, 0.25) is 0 Å². The van der Waals surface area contributed by atoms with Crippen molar-refractivity contribution in [3.05, 3.63) is 42.0 Å². The van der Waals surface area contributed by atoms with Gasteiger partial charge in [-0.2, -0.15) is 0 Å². The molecule has 0 aliphatic rings. The third-order valence-corrected chi connectivity index (χ3v) is 5.03. The number of hydrogen-bond donors (Lipinski definition) is 1. The van der Waals surface area contributed by atoms with Gasteiger partial charge >= 0.3 is 0 Å². The van der Waals surface area contributed by atoms with E-state index >= 15 is 0 Å². The SMILES string of the molecule is CCN(CC)c1ccc(-c2nc3ccc(NCCN(C)C)c(C(=O)C=O)c3o2)cc1. The summed E-state index contributed by atoms with van der Waals surface area (Å²) in [4.78, 5) is 32.5. The highest BCUT2D eigenvalue weighted by Crippen LogP contribution is 2.31. The Kier molecular flexibility index (Phi) is 6.84. The Hall–Kier alpha value is -3.19. The van der Waals surface area contributed by atoms with E-state index in [4.69, 9.17) is 4.42 Å². The van der Waals surface area contributed by atoms with Gasteiger partial charge in [0, 0.05) is 43.1 Å². The van der Waals surface area contributed by atoms with E-state index in [1.54, 1.807) is 12.1 Å². The molecule has 0 spiro atoms. The highest BCUT2D eigenvalue weighted by molar-refractivity contribution is 6.37. The molecule has 158 valence electrons. The first-order chi connectivity index (χ1) is 14.5. The van der Waals surface area contributed by atoms with Crippen LogP contribution in [0.5, 0.6) is 0 Å². The summed E-state index contributed by atoms with van der Waals surface area (Å²) in [7, 11) is 3.94. The van der Waals surface area contributed by atoms with Crippen molar-refractivity contribution < 1.29 is 14.0 Å². The number of benzene rings is 2. The number of aldehydes is 1. The minimum Gasteiger partial charge on any atom is -0.435 e. The Labute approximate surface area is 176 Å². The molecule has 7 heteroatoms. The predicted molar refractivity (Wildman–Crippen MR) is 120 cm³/mol. The van der Waals surface area contributed by atoms with Crippen LogP contribution in [-0.4, -0.2) is 62.2 Å². The molecule has 0 saturated heterocycles. The van der Waals surface area contributed by atoms with Crippen molar-refractivity contribution in [2.24, 2.45) is 0 Å². The van der Waals surface area contributed by atoms with Crippen LogP contribution in [0.25, 0.3) is 22.6 Å². The van der Waals surface area contributed by atoms with E-state index < -0.39 is 5.78 Å². The third kappa shape index (κ3) is 4.52. The number of Topliss-reactive ketones (excluding diaryl/α,β-unsaturated/α-hetero) is 1. The summed E-state index contributed by atoms with van der Waals surface area (Å²) in [6, 6.07) is 11.5. The number of likely N-dealkylation sites (N-methyl/N-ethyl adjacent to an activating group) is 1. The second kappa shape index (κ2) is 9.54. The summed E-state index contributed by atoms with van der Waals surface area (Å²) in [5.41, 5.74) is 3.60. The fourth-order valence-corrected chi connectivity index (χ4v) is 3.38. The molecule has 0 amide bonds. The van der Waals surface area contributed by atoms with E-state index in [0.29, 0.717) is 35.5 Å². The van der Waals surface area contributed by atoms with E-state index in [0.717, 1.165) is 30.9 Å². The number of aromatic nitrogens is 1. The van der Waals surface area contributed by atoms with Crippen molar-refractivity contribution in [3.63, 3.8) is 0 Å². The van der Waals surface area contributed by atoms with E-state index in [-0.39, 0.29) is 5.56 Å². The van der Waals surface area contributed by atoms with Gasteiger partial charge in [-0.3, -0.25) is 9.59 Å². The van der Waals surface area contributed by atoms with Crippen molar-refractivity contribution in [2.75, 3.05) is 50.5 Å². The maximum atomic E-state index is 12.4. The lowest BCUT2D eigenvalue weighted by Gasteiger charge is -2.20. The van der Waals surface area contributed by atoms with E-state index in [1.165, 1.54) is 0 Å². The van der Waals surface area contributed by atoms with Gasteiger partial charge in [0.15, 0.2) is 11.9 Å². The molecule has 1 aromatic heterocycles. The fraction of sp³-hybridized carbons (Fsp3) is 0.348. The Balaban J connectivity index is 1.98. The zero-order valence-corrected chi connectivity index (χ0v) is 17.9. The van der Waals surface area contributed by atoms with Gasteiger partial charge < -0.3 is 19.5 Å². The first-order valence-corrected chi connectivity index (χ1v) is 10.2. The first kappa shape index (κ1) is 21.5. The molecule has 0 bridgehead atoms. The topological polar surface area (TPSA) is 78.7 Å². The highest BCUT2D eigenvalue weighted by atomic mass is 16.3. The summed E-state index contributed by atoms with van der Waals surface area (Å²) in [5.74, 6) is -0.214. The number of carbonyl (C=O) groups is 2. The second-order valence-corrected chi connectivity index (χ2v) is 7.29. The van der Waals surface area contributed by atoms with Gasteiger partial charge in [0.25, 0.3) is 0 Å². The summed E-state index contributed by atoms with van der Waals surface area (Å²) < 4.78 is 5.97. The summed E-state index contributed by atoms with van der Waals surface area (Å²) in [5, 5.41) is 3.22. The smallest absolute Gasteiger partial charge is 0.231 e. The first-order valence-electron chi connectivity index (χ1n) is 10.2. The lowest BCUT2D eigenvalue weighted by molar-refractivity contribution is -0.104. The van der Waals surface area contributed by atoms with E-state index in [2.05, 4.69) is 29.0 Å². The second-order valence-electron chi connectivity index (χ2n) is 7.29. The van der Waals surface area contributed by atoms with Crippen LogP contribution >= 0.6 is 0 Å². The normalized spacial score (nSPS) is 11.1. The Morgan fingerprint density at radius 3 is 2.40 bits per heavy atom. The molecule has 0 aliphatic heterocycles. The van der Waals surface area contributed by atoms with Gasteiger partial charge in [0.05, 0.1) is 5.56 Å². The number of nitrogens with one attached hydrogen (secondary N) is 1. The van der Waals surface area contributed by atoms with Crippen LogP contribution in [0.4, 0.5) is 11.4 Å². The van der Waals surface area contributed by atoms with Crippen LogP contribution < -0.4 is 10.2 Å². The number of ketones is 1. The third-order valence-electron chi connectivity index (χ3n) is 5.03. The lowest BCUT2D eigenvalue weighted by Crippen LogP contribution is -2.21. The number of oxazole rings is 1. The quantitative estimate of drug-likeness (QED) is 0.311. The molecular formula is C23H28N4O3. The van der Waals surface area contributed by atoms with Gasteiger partial charge in [-0.15, -0.1) is 0 Å². The molecular weight excluding hydrogens is 380 g/mol. The molecule has 1 heterocycles. The number of hydrogen-bond acceptors (Lipinski definition) is 7. The van der Waals surface area contributed by atoms with Crippen molar-refractivity contribution in [1.82, 2.24) is 9.88 Å². The largest absolute Gasteiger partial charge is 0.435 e. The monoisotopic (exact) mass is 408 g/mol. The standard InChI is InChI=1S/C23H28N4O3/c1-5-27(6-2)17-9-7-16(8-10-17)23-25-19-12-11-18(24-13-14-26(3)4)21(20(29)15-28)22(19)30-23/h7-12,15,24H,5-6,13-14H2,1-4H3. The molecule has 3 rings (SSSR count). The summed E-state index contributed by atoms with van der Waals surface area (Å²) >= 11 is 0. The Morgan fingerprint density at radius 2 is 1.80 bits per heavy atom. The van der Waals surface area contributed by atoms with Crippen molar-refractivity contribution in [1.29, 1.82) is 0 Å². The minimum absolute atomic E-state index is 0.222. The van der Waals surface area contributed by atoms with Gasteiger partial charge in [0.2, 0.25) is 11.7 Å². The molecule has 30 heavy (non-hydrogen) atoms. The van der Waals surface area contributed by atoms with Crippen LogP contribution in [0.1, 0.15) is 24.2 Å². The molecule has 0 unspecified atom stereocenters. The predicted octanol–water partition coefficient (Wildman–Crippen LogP) is 3.70. The minimum atomic E-state index is -0.632. The van der Waals surface area contributed by atoms with E-state index in [1.807, 2.05) is 43.3 Å². The van der Waals surface area contributed by atoms with Gasteiger partial charge in [-0.05, 0) is 64.3 Å². The summed E-state index contributed by atoms with van der Waals surface area (Å²) in [6.07, 6.45) is 0.312. The number of nitrogens with zero attached hydrogens (tertiary/aromatic N) is 3. The van der Waals surface area contributed by atoms with Gasteiger partial charge in [0.1, 0.15) is 5.52 Å². The Bertz CT molecular complexity index is 1020. The van der Waals surface area contributed by atoms with Crippen molar-refractivity contribution in [2.45, 2.75) is 13.8 Å². The maximum Gasteiger partial charge on any atom is 0.231 e. The van der Waals surface area contributed by atoms with Crippen LogP contribution in [0.3, 0.4) is 0 Å². The van der Waals surface area contributed by atoms with E-state index in [9.17, 15) is 9.59 Å². The van der Waals surface area contributed by atoms with Crippen molar-refractivity contribution in [3.8, 4) is 11.5 Å². The molecule has 2 aromatic carbocycles. The lowest BCUT2D eigenvalue weighted by atomic mass is 10.1. The molecule has 1 N–H and O–H groups in total. The number of fused-ring (bicyclic) bond motifs is 1. The van der Waals surface area contributed by atoms with Crippen LogP contribution in [0, 0.1) is 0 Å². The molecule has 0 saturated carbocycles. The van der Waals surface area contributed by atoms with Crippen molar-refractivity contribution >= 4 is 34.5 Å². The Morgan fingerprint density at radius 1 is 1.10 bits per heavy atom. The molecule has 0 radical (unpaired) electrons. The summed E-state index contributed by atoms with van der Waals surface area (Å²) in [6.45, 7) is 7.51. The molecule has 0 fully saturated rings. The zero-order valence-electron chi connectivity index (χ0n) is 17.9. The van der Waals surface area contributed by atoms with Crippen LogP contribution in [-0.2, 0) is 4.79 Å². The molecule has 0 atom stereocenters. The van der Waals surface area contributed by atoms with Crippen LogP contribution in [0.15, 0.2) is 40.8 Å². The molecule has 3 aromatic rings. The zero-order chi connectivity index (χ0) is 21.7. The van der Waals surface area contributed by atoms with Gasteiger partial charge in [-0.25, -0.2) is 4.98 Å². The number of rotatable bonds is 10. The van der Waals surface area contributed by atoms with Gasteiger partial charge in [-0.1, -0.05) is 0 Å².